The van der Waals surface area contributed by atoms with Gasteiger partial charge in [0, 0.05) is 25.0 Å². The van der Waals surface area contributed by atoms with Crippen molar-refractivity contribution in [3.8, 4) is 0 Å². The molecule has 26 heavy (non-hydrogen) atoms. The number of hydrogen-bond donors (Lipinski definition) is 0. The third-order valence-corrected chi connectivity index (χ3v) is 7.30. The average molecular weight is 402 g/mol. The van der Waals surface area contributed by atoms with Crippen molar-refractivity contribution in [1.82, 2.24) is 9.29 Å². The summed E-state index contributed by atoms with van der Waals surface area (Å²) < 4.78 is 75.1. The summed E-state index contributed by atoms with van der Waals surface area (Å²) in [5.74, 6) is -3.50. The van der Waals surface area contributed by atoms with E-state index >= 15 is 0 Å². The molecule has 0 radical (unpaired) electrons. The summed E-state index contributed by atoms with van der Waals surface area (Å²) in [5, 5.41) is 0. The Morgan fingerprint density at radius 3 is 2.19 bits per heavy atom. The van der Waals surface area contributed by atoms with Crippen molar-refractivity contribution in [2.45, 2.75) is 41.0 Å². The van der Waals surface area contributed by atoms with E-state index in [1.54, 1.807) is 0 Å². The fourth-order valence-electron chi connectivity index (χ4n) is 2.48. The molecule has 6 nitrogen and oxygen atoms in total. The van der Waals surface area contributed by atoms with Gasteiger partial charge < -0.3 is 0 Å². The molecule has 140 valence electrons. The van der Waals surface area contributed by atoms with E-state index in [4.69, 9.17) is 0 Å². The normalized spacial score (nSPS) is 15.5. The van der Waals surface area contributed by atoms with Gasteiger partial charge in [0.2, 0.25) is 19.9 Å². The van der Waals surface area contributed by atoms with Crippen LogP contribution in [0.3, 0.4) is 0 Å². The molecule has 1 aromatic carbocycles. The number of aromatic nitrogens is 1. The van der Waals surface area contributed by atoms with E-state index in [0.29, 0.717) is 5.56 Å². The number of nitrogens with zero attached hydrogens (tertiary/aromatic N) is 2. The SMILES string of the molecule is O=S(=O)(c1ccc(CN(C2CC2)S(=O)(=O)c2cccnc2)cc1)C(F)F. The molecule has 0 atom stereocenters. The van der Waals surface area contributed by atoms with Gasteiger partial charge in [-0.05, 0) is 42.7 Å². The molecule has 1 heterocycles. The molecule has 0 aliphatic heterocycles. The quantitative estimate of drug-likeness (QED) is 0.710. The lowest BCUT2D eigenvalue weighted by molar-refractivity contribution is 0.234. The van der Waals surface area contributed by atoms with E-state index < -0.39 is 30.5 Å². The zero-order chi connectivity index (χ0) is 18.9. The van der Waals surface area contributed by atoms with E-state index in [9.17, 15) is 25.6 Å². The van der Waals surface area contributed by atoms with Gasteiger partial charge in [-0.25, -0.2) is 16.8 Å². The summed E-state index contributed by atoms with van der Waals surface area (Å²) >= 11 is 0. The van der Waals surface area contributed by atoms with Gasteiger partial charge in [0.25, 0.3) is 0 Å². The van der Waals surface area contributed by atoms with Gasteiger partial charge in [-0.1, -0.05) is 12.1 Å². The van der Waals surface area contributed by atoms with Crippen molar-refractivity contribution in [1.29, 1.82) is 0 Å². The number of benzene rings is 1. The zero-order valence-corrected chi connectivity index (χ0v) is 15.1. The Morgan fingerprint density at radius 2 is 1.69 bits per heavy atom. The zero-order valence-electron chi connectivity index (χ0n) is 13.5. The van der Waals surface area contributed by atoms with Crippen LogP contribution in [0.25, 0.3) is 0 Å². The lowest BCUT2D eigenvalue weighted by Crippen LogP contribution is -2.32. The number of rotatable bonds is 7. The van der Waals surface area contributed by atoms with Crippen molar-refractivity contribution in [3.05, 3.63) is 54.4 Å². The molecule has 3 rings (SSSR count). The van der Waals surface area contributed by atoms with Crippen LogP contribution in [0.15, 0.2) is 58.6 Å². The molecule has 1 fully saturated rings. The first-order valence-electron chi connectivity index (χ1n) is 7.76. The minimum Gasteiger partial charge on any atom is -0.263 e. The predicted molar refractivity (Wildman–Crippen MR) is 89.6 cm³/mol. The number of sulfonamides is 1. The Labute approximate surface area is 150 Å². The molecule has 0 N–H and O–H groups in total. The van der Waals surface area contributed by atoms with Crippen LogP contribution in [-0.4, -0.2) is 37.9 Å². The molecule has 0 bridgehead atoms. The molecule has 1 saturated carbocycles. The minimum atomic E-state index is -4.67. The van der Waals surface area contributed by atoms with Gasteiger partial charge >= 0.3 is 5.76 Å². The van der Waals surface area contributed by atoms with Gasteiger partial charge in [0.1, 0.15) is 4.90 Å². The third-order valence-electron chi connectivity index (χ3n) is 4.02. The van der Waals surface area contributed by atoms with E-state index in [1.165, 1.54) is 41.0 Å². The molecule has 0 spiro atoms. The van der Waals surface area contributed by atoms with Gasteiger partial charge in [-0.15, -0.1) is 0 Å². The Hall–Kier alpha value is -1.91. The maximum Gasteiger partial charge on any atom is 0.341 e. The lowest BCUT2D eigenvalue weighted by atomic mass is 10.2. The molecule has 0 unspecified atom stereocenters. The van der Waals surface area contributed by atoms with Gasteiger partial charge in [-0.2, -0.15) is 13.1 Å². The fraction of sp³-hybridized carbons (Fsp3) is 0.312. The molecule has 1 aromatic heterocycles. The second-order valence-electron chi connectivity index (χ2n) is 5.92. The van der Waals surface area contributed by atoms with Crippen LogP contribution in [0.1, 0.15) is 18.4 Å². The molecule has 10 heteroatoms. The predicted octanol–water partition coefficient (Wildman–Crippen LogP) is 2.43. The Balaban J connectivity index is 1.86. The molecule has 1 aliphatic rings. The number of halogens is 2. The van der Waals surface area contributed by atoms with E-state index in [1.807, 2.05) is 0 Å². The van der Waals surface area contributed by atoms with E-state index in [0.717, 1.165) is 25.0 Å². The summed E-state index contributed by atoms with van der Waals surface area (Å²) in [6, 6.07) is 7.69. The Kier molecular flexibility index (Phi) is 5.09. The van der Waals surface area contributed by atoms with Gasteiger partial charge in [-0.3, -0.25) is 4.98 Å². The van der Waals surface area contributed by atoms with Crippen LogP contribution in [0.2, 0.25) is 0 Å². The monoisotopic (exact) mass is 402 g/mol. The minimum absolute atomic E-state index is 0.0247. The van der Waals surface area contributed by atoms with Crippen LogP contribution in [-0.2, 0) is 26.4 Å². The number of pyridine rings is 1. The van der Waals surface area contributed by atoms with E-state index in [2.05, 4.69) is 4.98 Å². The first kappa shape index (κ1) is 18.9. The van der Waals surface area contributed by atoms with Crippen LogP contribution in [0.5, 0.6) is 0 Å². The highest BCUT2D eigenvalue weighted by atomic mass is 32.2. The van der Waals surface area contributed by atoms with Crippen molar-refractivity contribution < 1.29 is 25.6 Å². The van der Waals surface area contributed by atoms with Crippen molar-refractivity contribution in [3.63, 3.8) is 0 Å². The number of alkyl halides is 2. The van der Waals surface area contributed by atoms with Gasteiger partial charge in [0.05, 0.1) is 4.90 Å². The second kappa shape index (κ2) is 7.01. The number of sulfone groups is 1. The van der Waals surface area contributed by atoms with Crippen molar-refractivity contribution >= 4 is 19.9 Å². The second-order valence-corrected chi connectivity index (χ2v) is 9.73. The lowest BCUT2D eigenvalue weighted by Gasteiger charge is -2.22. The molecule has 0 amide bonds. The average Bonchev–Trinajstić information content (AvgIpc) is 3.45. The molecule has 1 aliphatic carbocycles. The maximum atomic E-state index is 12.8. The van der Waals surface area contributed by atoms with Crippen LogP contribution >= 0.6 is 0 Å². The van der Waals surface area contributed by atoms with Gasteiger partial charge in [0.15, 0.2) is 0 Å². The van der Waals surface area contributed by atoms with Crippen LogP contribution in [0, 0.1) is 0 Å². The maximum absolute atomic E-state index is 12.8. The number of hydrogen-bond acceptors (Lipinski definition) is 5. The summed E-state index contributed by atoms with van der Waals surface area (Å²) in [7, 11) is -8.43. The molecule has 2 aromatic rings. The van der Waals surface area contributed by atoms with Crippen LogP contribution in [0.4, 0.5) is 8.78 Å². The Bertz CT molecular complexity index is 975. The largest absolute Gasteiger partial charge is 0.341 e. The third kappa shape index (κ3) is 3.76. The highest BCUT2D eigenvalue weighted by molar-refractivity contribution is 7.91. The summed E-state index contributed by atoms with van der Waals surface area (Å²) in [6.07, 6.45) is 4.21. The first-order chi connectivity index (χ1) is 12.2. The summed E-state index contributed by atoms with van der Waals surface area (Å²) in [6.45, 7) is 0.0247. The summed E-state index contributed by atoms with van der Waals surface area (Å²) in [5.41, 5.74) is 0.512. The molecular weight excluding hydrogens is 386 g/mol. The topological polar surface area (TPSA) is 84.4 Å². The van der Waals surface area contributed by atoms with Crippen LogP contribution < -0.4 is 0 Å². The van der Waals surface area contributed by atoms with Crippen molar-refractivity contribution in [2.75, 3.05) is 0 Å². The smallest absolute Gasteiger partial charge is 0.263 e. The van der Waals surface area contributed by atoms with Crippen molar-refractivity contribution in [2.24, 2.45) is 0 Å². The molecular formula is C16H16F2N2O4S2. The fourth-order valence-corrected chi connectivity index (χ4v) is 4.83. The Morgan fingerprint density at radius 1 is 1.04 bits per heavy atom. The highest BCUT2D eigenvalue weighted by Gasteiger charge is 2.38. The van der Waals surface area contributed by atoms with E-state index in [-0.39, 0.29) is 17.5 Å². The molecule has 0 saturated heterocycles. The first-order valence-corrected chi connectivity index (χ1v) is 10.7. The highest BCUT2D eigenvalue weighted by Crippen LogP contribution is 2.33. The summed E-state index contributed by atoms with van der Waals surface area (Å²) in [4.78, 5) is 3.41. The standard InChI is InChI=1S/C16H16F2N2O4S2/c17-16(18)25(21,22)14-7-3-12(4-8-14)11-20(13-5-6-13)26(23,24)15-2-1-9-19-10-15/h1-4,7-10,13,16H,5-6,11H2.